The van der Waals surface area contributed by atoms with Crippen LogP contribution in [0.15, 0.2) is 41.1 Å². The largest absolute Gasteiger partial charge is 0.619 e. The van der Waals surface area contributed by atoms with E-state index in [9.17, 15) is 13.6 Å². The average Bonchev–Trinajstić information content (AvgIpc) is 2.45. The fourth-order valence-electron chi connectivity index (χ4n) is 1.14. The highest BCUT2D eigenvalue weighted by Crippen LogP contribution is 2.12. The van der Waals surface area contributed by atoms with Crippen molar-refractivity contribution in [2.75, 3.05) is 0 Å². The molecule has 1 aliphatic rings. The summed E-state index contributed by atoms with van der Waals surface area (Å²) in [5, 5.41) is 11.8. The van der Waals surface area contributed by atoms with E-state index in [4.69, 9.17) is 0 Å². The van der Waals surface area contributed by atoms with Gasteiger partial charge in [0, 0.05) is 12.3 Å². The molecule has 0 amide bonds. The van der Waals surface area contributed by atoms with E-state index in [1.807, 2.05) is 0 Å². The van der Waals surface area contributed by atoms with Crippen molar-refractivity contribution < 1.29 is 13.1 Å². The Bertz CT molecular complexity index is 531. The predicted octanol–water partition coefficient (Wildman–Crippen LogP) is -0.0338. The Morgan fingerprint density at radius 2 is 2.21 bits per heavy atom. The normalized spacial score (nSPS) is 18.1. The summed E-state index contributed by atoms with van der Waals surface area (Å²) in [6.07, 6.45) is 3.65. The van der Waals surface area contributed by atoms with E-state index in [0.717, 1.165) is 5.41 Å². The minimum Gasteiger partial charge on any atom is -0.619 e. The number of rotatable bonds is 1. The molecule has 72 valence electrons. The first-order valence-electron chi connectivity index (χ1n) is 3.78. The van der Waals surface area contributed by atoms with Gasteiger partial charge in [-0.3, -0.25) is 0 Å². The molecular weight excluding hydrogens is 204 g/mol. The summed E-state index contributed by atoms with van der Waals surface area (Å²) in [5.41, 5.74) is 0.299. The Kier molecular flexibility index (Phi) is 1.85. The molecule has 2 heterocycles. The van der Waals surface area contributed by atoms with Gasteiger partial charge in [0.25, 0.3) is 0 Å². The third-order valence-electron chi connectivity index (χ3n) is 1.72. The first kappa shape index (κ1) is 8.89. The van der Waals surface area contributed by atoms with Gasteiger partial charge in [0.1, 0.15) is 0 Å². The summed E-state index contributed by atoms with van der Waals surface area (Å²) in [7, 11) is -3.44. The van der Waals surface area contributed by atoms with E-state index in [-0.39, 0.29) is 5.04 Å². The van der Waals surface area contributed by atoms with Crippen LogP contribution in [0, 0.1) is 5.21 Å². The minimum atomic E-state index is -3.44. The highest BCUT2D eigenvalue weighted by atomic mass is 32.2. The van der Waals surface area contributed by atoms with Gasteiger partial charge in [0.2, 0.25) is 9.84 Å². The molecule has 1 aromatic heterocycles. The van der Waals surface area contributed by atoms with E-state index in [0.29, 0.717) is 10.3 Å². The zero-order valence-electron chi connectivity index (χ0n) is 6.99. The number of nitrogens with zero attached hydrogens (tertiary/aromatic N) is 2. The van der Waals surface area contributed by atoms with E-state index in [1.54, 1.807) is 0 Å². The van der Waals surface area contributed by atoms with Crippen LogP contribution in [0.5, 0.6) is 0 Å². The zero-order chi connectivity index (χ0) is 10.2. The fourth-order valence-corrected chi connectivity index (χ4v) is 2.14. The molecule has 0 aliphatic carbocycles. The molecule has 0 aromatic carbocycles. The minimum absolute atomic E-state index is 0.0808. The van der Waals surface area contributed by atoms with Crippen molar-refractivity contribution in [1.82, 2.24) is 0 Å². The summed E-state index contributed by atoms with van der Waals surface area (Å²) in [4.78, 5) is 3.70. The van der Waals surface area contributed by atoms with E-state index in [2.05, 4.69) is 4.99 Å². The second-order valence-electron chi connectivity index (χ2n) is 2.72. The van der Waals surface area contributed by atoms with Crippen molar-refractivity contribution >= 4 is 14.9 Å². The van der Waals surface area contributed by atoms with Gasteiger partial charge in [-0.2, -0.15) is 4.73 Å². The highest BCUT2D eigenvalue weighted by Gasteiger charge is 2.23. The molecule has 0 fully saturated rings. The van der Waals surface area contributed by atoms with Gasteiger partial charge in [0.05, 0.1) is 11.0 Å². The van der Waals surface area contributed by atoms with Gasteiger partial charge in [0.15, 0.2) is 17.4 Å². The number of sulfone groups is 1. The smallest absolute Gasteiger partial charge is 0.219 e. The lowest BCUT2D eigenvalue weighted by atomic mass is 10.3. The van der Waals surface area contributed by atoms with E-state index >= 15 is 0 Å². The Labute approximate surface area is 80.5 Å². The molecule has 0 saturated carbocycles. The van der Waals surface area contributed by atoms with Crippen LogP contribution < -0.4 is 4.73 Å². The van der Waals surface area contributed by atoms with Crippen molar-refractivity contribution in [3.05, 3.63) is 46.9 Å². The second kappa shape index (κ2) is 2.91. The van der Waals surface area contributed by atoms with E-state index in [1.165, 1.54) is 30.7 Å². The fraction of sp³-hybridized carbons (Fsp3) is 0. The topological polar surface area (TPSA) is 73.4 Å². The summed E-state index contributed by atoms with van der Waals surface area (Å²) in [6, 6.07) is 3.00. The Balaban J connectivity index is 2.54. The lowest BCUT2D eigenvalue weighted by Gasteiger charge is -1.99. The summed E-state index contributed by atoms with van der Waals surface area (Å²) in [6.45, 7) is 0. The predicted molar refractivity (Wildman–Crippen MR) is 50.0 cm³/mol. The second-order valence-corrected chi connectivity index (χ2v) is 4.47. The van der Waals surface area contributed by atoms with Crippen LogP contribution in [0.25, 0.3) is 0 Å². The standard InChI is InChI=1S/C8H6N2O3S/c11-10-4-1-2-7(6-10)8-9-3-5-14(8,12)13/h1-6H. The monoisotopic (exact) mass is 210 g/mol. The lowest BCUT2D eigenvalue weighted by Crippen LogP contribution is -2.26. The molecule has 1 aliphatic heterocycles. The molecule has 2 rings (SSSR count). The van der Waals surface area contributed by atoms with Gasteiger partial charge >= 0.3 is 0 Å². The van der Waals surface area contributed by atoms with Gasteiger partial charge in [-0.15, -0.1) is 0 Å². The maximum absolute atomic E-state index is 11.3. The molecular formula is C8H6N2O3S. The van der Waals surface area contributed by atoms with Gasteiger partial charge in [-0.1, -0.05) is 0 Å². The highest BCUT2D eigenvalue weighted by molar-refractivity contribution is 8.09. The van der Waals surface area contributed by atoms with Crippen LogP contribution in [0.3, 0.4) is 0 Å². The molecule has 14 heavy (non-hydrogen) atoms. The first-order valence-corrected chi connectivity index (χ1v) is 5.33. The zero-order valence-corrected chi connectivity index (χ0v) is 7.81. The summed E-state index contributed by atoms with van der Waals surface area (Å²) in [5.74, 6) is 0. The first-order chi connectivity index (χ1) is 6.59. The SMILES string of the molecule is O=S1(=O)C=CN=C1c1ccc[n+]([O-])c1. The molecule has 6 heteroatoms. The quantitative estimate of drug-likeness (QED) is 0.482. The van der Waals surface area contributed by atoms with Crippen molar-refractivity contribution in [3.8, 4) is 0 Å². The number of aromatic nitrogens is 1. The van der Waals surface area contributed by atoms with Crippen LogP contribution in [-0.2, 0) is 9.84 Å². The number of aliphatic imine (C=N–C) groups is 1. The molecule has 0 spiro atoms. The van der Waals surface area contributed by atoms with Gasteiger partial charge in [-0.05, 0) is 6.07 Å². The van der Waals surface area contributed by atoms with E-state index < -0.39 is 9.84 Å². The summed E-state index contributed by atoms with van der Waals surface area (Å²) < 4.78 is 23.2. The molecule has 0 N–H and O–H groups in total. The number of hydrogen-bond acceptors (Lipinski definition) is 4. The van der Waals surface area contributed by atoms with Crippen LogP contribution >= 0.6 is 0 Å². The Hall–Kier alpha value is -1.69. The molecule has 0 bridgehead atoms. The van der Waals surface area contributed by atoms with Gasteiger partial charge < -0.3 is 5.21 Å². The average molecular weight is 210 g/mol. The maximum atomic E-state index is 11.3. The molecule has 0 saturated heterocycles. The Morgan fingerprint density at radius 1 is 1.43 bits per heavy atom. The van der Waals surface area contributed by atoms with Crippen molar-refractivity contribution in [1.29, 1.82) is 0 Å². The third-order valence-corrected chi connectivity index (χ3v) is 3.08. The molecule has 0 unspecified atom stereocenters. The Morgan fingerprint density at radius 3 is 2.79 bits per heavy atom. The maximum Gasteiger partial charge on any atom is 0.219 e. The van der Waals surface area contributed by atoms with Crippen molar-refractivity contribution in [2.24, 2.45) is 4.99 Å². The van der Waals surface area contributed by atoms with Crippen LogP contribution in [0.4, 0.5) is 0 Å². The van der Waals surface area contributed by atoms with Crippen LogP contribution in [0.1, 0.15) is 5.56 Å². The van der Waals surface area contributed by atoms with Crippen LogP contribution in [0.2, 0.25) is 0 Å². The molecule has 5 nitrogen and oxygen atoms in total. The van der Waals surface area contributed by atoms with Gasteiger partial charge in [-0.25, -0.2) is 13.4 Å². The summed E-state index contributed by atoms with van der Waals surface area (Å²) >= 11 is 0. The number of pyridine rings is 1. The molecule has 0 atom stereocenters. The van der Waals surface area contributed by atoms with Crippen molar-refractivity contribution in [2.45, 2.75) is 0 Å². The lowest BCUT2D eigenvalue weighted by molar-refractivity contribution is -0.605. The van der Waals surface area contributed by atoms with Crippen LogP contribution in [-0.4, -0.2) is 13.5 Å². The van der Waals surface area contributed by atoms with Crippen molar-refractivity contribution in [3.63, 3.8) is 0 Å². The molecule has 0 radical (unpaired) electrons. The number of hydrogen-bond donors (Lipinski definition) is 0. The molecule has 1 aromatic rings. The third kappa shape index (κ3) is 1.39.